The Morgan fingerprint density at radius 3 is 2.73 bits per heavy atom. The first-order valence-corrected chi connectivity index (χ1v) is 10.1. The highest BCUT2D eigenvalue weighted by Gasteiger charge is 2.25. The van der Waals surface area contributed by atoms with Gasteiger partial charge in [-0.2, -0.15) is 5.10 Å². The molecule has 1 aliphatic rings. The van der Waals surface area contributed by atoms with Gasteiger partial charge >= 0.3 is 0 Å². The van der Waals surface area contributed by atoms with Gasteiger partial charge in [-0.25, -0.2) is 9.98 Å². The van der Waals surface area contributed by atoms with Crippen LogP contribution in [0.25, 0.3) is 11.4 Å². The lowest BCUT2D eigenvalue weighted by molar-refractivity contribution is 0.0657. The largest absolute Gasteiger partial charge is 0.459 e. The number of nitrogens with zero attached hydrogens (tertiary/aromatic N) is 5. The minimum absolute atomic E-state index is 0.0641. The molecule has 0 radical (unpaired) electrons. The van der Waals surface area contributed by atoms with Crippen LogP contribution in [0.3, 0.4) is 0 Å². The fourth-order valence-corrected chi connectivity index (χ4v) is 3.43. The van der Waals surface area contributed by atoms with Gasteiger partial charge in [-0.05, 0) is 30.7 Å². The second-order valence-electron chi connectivity index (χ2n) is 6.96. The van der Waals surface area contributed by atoms with Crippen molar-refractivity contribution >= 4 is 11.9 Å². The second-order valence-corrected chi connectivity index (χ2v) is 6.96. The second kappa shape index (κ2) is 9.25. The number of aromatic nitrogens is 3. The fraction of sp³-hybridized carbons (Fsp3) is 0.333. The van der Waals surface area contributed by atoms with Gasteiger partial charge < -0.3 is 19.5 Å². The molecule has 0 bridgehead atoms. The number of carbonyl (C=O) groups excluding carboxylic acids is 1. The van der Waals surface area contributed by atoms with Gasteiger partial charge in [0.25, 0.3) is 5.91 Å². The quantitative estimate of drug-likeness (QED) is 0.495. The third-order valence-corrected chi connectivity index (χ3v) is 4.96. The highest BCUT2D eigenvalue weighted by molar-refractivity contribution is 5.91. The van der Waals surface area contributed by atoms with E-state index in [0.717, 1.165) is 42.5 Å². The highest BCUT2D eigenvalue weighted by atomic mass is 16.3. The van der Waals surface area contributed by atoms with Gasteiger partial charge in [0.1, 0.15) is 6.33 Å². The number of benzene rings is 1. The van der Waals surface area contributed by atoms with E-state index in [9.17, 15) is 4.79 Å². The number of piperazine rings is 1. The van der Waals surface area contributed by atoms with Gasteiger partial charge in [0, 0.05) is 38.3 Å². The van der Waals surface area contributed by atoms with E-state index in [4.69, 9.17) is 9.41 Å². The molecule has 0 atom stereocenters. The summed E-state index contributed by atoms with van der Waals surface area (Å²) in [7, 11) is 0. The smallest absolute Gasteiger partial charge is 0.289 e. The number of nitrogens with one attached hydrogen (secondary N) is 2. The lowest BCUT2D eigenvalue weighted by atomic mass is 10.1. The molecule has 0 spiro atoms. The van der Waals surface area contributed by atoms with Crippen molar-refractivity contribution in [3.8, 4) is 11.4 Å². The predicted molar refractivity (Wildman–Crippen MR) is 113 cm³/mol. The van der Waals surface area contributed by atoms with Crippen molar-refractivity contribution in [1.82, 2.24) is 30.3 Å². The van der Waals surface area contributed by atoms with E-state index < -0.39 is 0 Å². The topological polar surface area (TPSA) is 103 Å². The first kappa shape index (κ1) is 19.7. The maximum absolute atomic E-state index is 12.5. The molecule has 1 fully saturated rings. The summed E-state index contributed by atoms with van der Waals surface area (Å²) >= 11 is 0. The lowest BCUT2D eigenvalue weighted by Crippen LogP contribution is -2.53. The Kier molecular flexibility index (Phi) is 6.07. The Morgan fingerprint density at radius 2 is 2.03 bits per heavy atom. The summed E-state index contributed by atoms with van der Waals surface area (Å²) in [6, 6.07) is 11.5. The summed E-state index contributed by atoms with van der Waals surface area (Å²) in [5.74, 6) is 1.92. The van der Waals surface area contributed by atoms with Crippen LogP contribution in [0, 0.1) is 0 Å². The summed E-state index contributed by atoms with van der Waals surface area (Å²) in [4.78, 5) is 25.5. The summed E-state index contributed by atoms with van der Waals surface area (Å²) in [5, 5.41) is 10.2. The monoisotopic (exact) mass is 407 g/mol. The molecule has 9 heteroatoms. The molecule has 30 heavy (non-hydrogen) atoms. The van der Waals surface area contributed by atoms with Crippen molar-refractivity contribution in [2.75, 3.05) is 32.7 Å². The van der Waals surface area contributed by atoms with Gasteiger partial charge in [0.2, 0.25) is 0 Å². The van der Waals surface area contributed by atoms with Crippen LogP contribution in [0.4, 0.5) is 0 Å². The summed E-state index contributed by atoms with van der Waals surface area (Å²) in [6.45, 7) is 6.08. The standard InChI is InChI=1S/C21H25N7O2/c1-2-22-21(23-14-16-5-3-6-17(13-16)19-24-15-25-26-19)28-10-8-27(9-11-28)20(29)18-7-4-12-30-18/h3-7,12-13,15H,2,8-11,14H2,1H3,(H,22,23)(H,24,25,26). The zero-order valence-corrected chi connectivity index (χ0v) is 16.9. The van der Waals surface area contributed by atoms with Gasteiger partial charge in [-0.1, -0.05) is 18.2 Å². The zero-order valence-electron chi connectivity index (χ0n) is 16.9. The first-order chi connectivity index (χ1) is 14.7. The number of H-pyrrole nitrogens is 1. The summed E-state index contributed by atoms with van der Waals surface area (Å²) in [5.41, 5.74) is 2.07. The summed E-state index contributed by atoms with van der Waals surface area (Å²) < 4.78 is 5.23. The molecular formula is C21H25N7O2. The SMILES string of the molecule is CCNC(=NCc1cccc(-c2ncn[nH]2)c1)N1CCN(C(=O)c2ccco2)CC1. The Morgan fingerprint density at radius 1 is 1.20 bits per heavy atom. The van der Waals surface area contributed by atoms with Crippen molar-refractivity contribution in [2.24, 2.45) is 4.99 Å². The average Bonchev–Trinajstić information content (AvgIpc) is 3.51. The molecule has 1 aliphatic heterocycles. The van der Waals surface area contributed by atoms with Crippen molar-refractivity contribution in [3.63, 3.8) is 0 Å². The van der Waals surface area contributed by atoms with Gasteiger partial charge in [0.05, 0.1) is 12.8 Å². The molecule has 1 aromatic carbocycles. The van der Waals surface area contributed by atoms with Crippen molar-refractivity contribution in [3.05, 3.63) is 60.3 Å². The van der Waals surface area contributed by atoms with E-state index in [1.807, 2.05) is 23.1 Å². The molecule has 0 aliphatic carbocycles. The molecule has 2 N–H and O–H groups in total. The Hall–Kier alpha value is -3.62. The van der Waals surface area contributed by atoms with Gasteiger partial charge in [0.15, 0.2) is 17.5 Å². The summed E-state index contributed by atoms with van der Waals surface area (Å²) in [6.07, 6.45) is 3.02. The van der Waals surface area contributed by atoms with Gasteiger partial charge in [-0.3, -0.25) is 9.89 Å². The van der Waals surface area contributed by atoms with Crippen LogP contribution in [-0.2, 0) is 6.54 Å². The number of aliphatic imine (C=N–C) groups is 1. The molecule has 0 saturated carbocycles. The minimum atomic E-state index is -0.0641. The van der Waals surface area contributed by atoms with Crippen LogP contribution in [-0.4, -0.2) is 69.6 Å². The van der Waals surface area contributed by atoms with Crippen LogP contribution in [0.1, 0.15) is 23.0 Å². The number of guanidine groups is 1. The Balaban J connectivity index is 1.40. The van der Waals surface area contributed by atoms with Gasteiger partial charge in [-0.15, -0.1) is 0 Å². The van der Waals surface area contributed by atoms with Crippen LogP contribution in [0.2, 0.25) is 0 Å². The third-order valence-electron chi connectivity index (χ3n) is 4.96. The normalized spacial score (nSPS) is 14.8. The maximum atomic E-state index is 12.5. The van der Waals surface area contributed by atoms with E-state index in [-0.39, 0.29) is 5.91 Å². The Labute approximate surface area is 174 Å². The van der Waals surface area contributed by atoms with Crippen LogP contribution in [0.5, 0.6) is 0 Å². The molecule has 3 aromatic rings. The molecule has 1 amide bonds. The van der Waals surface area contributed by atoms with E-state index in [0.29, 0.717) is 25.4 Å². The third kappa shape index (κ3) is 4.51. The van der Waals surface area contributed by atoms with Crippen LogP contribution in [0.15, 0.2) is 58.4 Å². The number of carbonyl (C=O) groups is 1. The lowest BCUT2D eigenvalue weighted by Gasteiger charge is -2.36. The molecule has 156 valence electrons. The molecule has 9 nitrogen and oxygen atoms in total. The van der Waals surface area contributed by atoms with Crippen LogP contribution >= 0.6 is 0 Å². The number of amides is 1. The number of hydrogen-bond acceptors (Lipinski definition) is 5. The number of aromatic amines is 1. The van der Waals surface area contributed by atoms with E-state index in [1.165, 1.54) is 12.6 Å². The first-order valence-electron chi connectivity index (χ1n) is 10.1. The number of hydrogen-bond donors (Lipinski definition) is 2. The average molecular weight is 407 g/mol. The van der Waals surface area contributed by atoms with Crippen molar-refractivity contribution in [1.29, 1.82) is 0 Å². The minimum Gasteiger partial charge on any atom is -0.459 e. The van der Waals surface area contributed by atoms with E-state index >= 15 is 0 Å². The number of furan rings is 1. The van der Waals surface area contributed by atoms with E-state index in [2.05, 4.69) is 38.4 Å². The highest BCUT2D eigenvalue weighted by Crippen LogP contribution is 2.16. The molecule has 0 unspecified atom stereocenters. The number of rotatable bonds is 5. The predicted octanol–water partition coefficient (Wildman–Crippen LogP) is 1.99. The molecule has 3 heterocycles. The molecule has 2 aromatic heterocycles. The molecule has 4 rings (SSSR count). The van der Waals surface area contributed by atoms with E-state index in [1.54, 1.807) is 12.1 Å². The fourth-order valence-electron chi connectivity index (χ4n) is 3.43. The maximum Gasteiger partial charge on any atom is 0.289 e. The molecular weight excluding hydrogens is 382 g/mol. The van der Waals surface area contributed by atoms with Crippen molar-refractivity contribution < 1.29 is 9.21 Å². The van der Waals surface area contributed by atoms with Crippen LogP contribution < -0.4 is 5.32 Å². The molecule has 1 saturated heterocycles. The van der Waals surface area contributed by atoms with Crippen molar-refractivity contribution in [2.45, 2.75) is 13.5 Å². The Bertz CT molecular complexity index is 975. The zero-order chi connectivity index (χ0) is 20.8.